The van der Waals surface area contributed by atoms with Crippen LogP contribution in [-0.4, -0.2) is 109 Å². The van der Waals surface area contributed by atoms with Gasteiger partial charge >= 0.3 is 27.6 Å². The van der Waals surface area contributed by atoms with Crippen molar-refractivity contribution in [2.45, 2.75) is 191 Å². The third-order valence-corrected chi connectivity index (χ3v) is 11.7. The molecule has 0 aromatic rings. The molecule has 1 rings (SSSR count). The molecule has 19 heteroatoms. The molecular weight excluding hydrogens is 898 g/mol. The van der Waals surface area contributed by atoms with Crippen LogP contribution in [0.25, 0.3) is 0 Å². The molecule has 0 aromatic heterocycles. The van der Waals surface area contributed by atoms with E-state index in [9.17, 15) is 48.8 Å². The molecule has 1 fully saturated rings. The van der Waals surface area contributed by atoms with E-state index in [2.05, 4.69) is 42.7 Å². The van der Waals surface area contributed by atoms with Crippen LogP contribution in [0.5, 0.6) is 0 Å². The van der Waals surface area contributed by atoms with Crippen molar-refractivity contribution in [1.82, 2.24) is 0 Å². The Hall–Kier alpha value is -2.89. The van der Waals surface area contributed by atoms with E-state index in [1.807, 2.05) is 36.5 Å². The van der Waals surface area contributed by atoms with Crippen LogP contribution >= 0.6 is 15.6 Å². The van der Waals surface area contributed by atoms with E-state index in [-0.39, 0.29) is 18.6 Å². The zero-order chi connectivity index (χ0) is 49.1. The smallest absolute Gasteiger partial charge is 0.462 e. The van der Waals surface area contributed by atoms with Crippen molar-refractivity contribution in [2.24, 2.45) is 0 Å². The minimum Gasteiger partial charge on any atom is -0.462 e. The van der Waals surface area contributed by atoms with Crippen LogP contribution < -0.4 is 0 Å². The molecule has 1 saturated carbocycles. The van der Waals surface area contributed by atoms with Gasteiger partial charge in [0.2, 0.25) is 0 Å². The molecule has 0 radical (unpaired) electrons. The average molecular weight is 977 g/mol. The molecule has 66 heavy (non-hydrogen) atoms. The molecule has 5 unspecified atom stereocenters. The summed E-state index contributed by atoms with van der Waals surface area (Å²) >= 11 is 0. The summed E-state index contributed by atoms with van der Waals surface area (Å²) < 4.78 is 49.2. The summed E-state index contributed by atoms with van der Waals surface area (Å²) in [6.45, 7) is 2.85. The van der Waals surface area contributed by atoms with Gasteiger partial charge in [0.1, 0.15) is 43.2 Å². The SMILES string of the molecule is CCCCC/C=C\C/C=C\CCCCCCCC(=O)O[C@H](COC(=O)CCC/C=C\C/C=C\C/C=C\C=C\C(=O)CCCCC)COP(=O)(O)O[C@H]1C(O)C(O)C(O)[C@@H](OP(=O)(O)O)C1O. The molecular formula is C47H78O17P2. The van der Waals surface area contributed by atoms with Gasteiger partial charge < -0.3 is 44.6 Å². The Balaban J connectivity index is 2.67. The average Bonchev–Trinajstić information content (AvgIpc) is 3.26. The summed E-state index contributed by atoms with van der Waals surface area (Å²) in [6.07, 6.45) is 25.6. The van der Waals surface area contributed by atoms with Crippen molar-refractivity contribution < 1.29 is 81.7 Å². The predicted octanol–water partition coefficient (Wildman–Crippen LogP) is 8.02. The first-order valence-corrected chi connectivity index (χ1v) is 26.5. The molecule has 0 aromatic carbocycles. The normalized spacial score (nSPS) is 22.1. The largest absolute Gasteiger partial charge is 0.472 e. The maximum Gasteiger partial charge on any atom is 0.472 e. The topological polar surface area (TPSA) is 273 Å². The summed E-state index contributed by atoms with van der Waals surface area (Å²) in [6, 6.07) is 0. The lowest BCUT2D eigenvalue weighted by atomic mass is 9.85. The molecule has 8 atom stereocenters. The van der Waals surface area contributed by atoms with Crippen LogP contribution in [0.1, 0.15) is 149 Å². The molecule has 0 spiro atoms. The minimum absolute atomic E-state index is 0.000838. The third-order valence-electron chi connectivity index (χ3n) is 10.2. The first kappa shape index (κ1) is 61.1. The molecule has 0 heterocycles. The molecule has 0 amide bonds. The highest BCUT2D eigenvalue weighted by atomic mass is 31.2. The molecule has 1 aliphatic rings. The lowest BCUT2D eigenvalue weighted by molar-refractivity contribution is -0.216. The van der Waals surface area contributed by atoms with Gasteiger partial charge in [0.15, 0.2) is 11.9 Å². The number of phosphoric ester groups is 2. The number of hydrogen-bond donors (Lipinski definition) is 7. The van der Waals surface area contributed by atoms with Gasteiger partial charge in [0.25, 0.3) is 0 Å². The van der Waals surface area contributed by atoms with E-state index in [0.29, 0.717) is 38.5 Å². The first-order chi connectivity index (χ1) is 31.5. The first-order valence-electron chi connectivity index (χ1n) is 23.4. The van der Waals surface area contributed by atoms with Gasteiger partial charge in [0, 0.05) is 19.3 Å². The summed E-state index contributed by atoms with van der Waals surface area (Å²) in [5, 5.41) is 41.2. The third kappa shape index (κ3) is 31.2. The van der Waals surface area contributed by atoms with Gasteiger partial charge in [-0.05, 0) is 76.7 Å². The Bertz CT molecular complexity index is 1620. The second kappa shape index (κ2) is 37.1. The van der Waals surface area contributed by atoms with Crippen molar-refractivity contribution in [3.63, 3.8) is 0 Å². The fraction of sp³-hybridized carbons (Fsp3) is 0.681. The number of esters is 2. The number of phosphoric acid groups is 2. The van der Waals surface area contributed by atoms with Crippen LogP contribution in [0.2, 0.25) is 0 Å². The van der Waals surface area contributed by atoms with Gasteiger partial charge in [-0.15, -0.1) is 0 Å². The maximum absolute atomic E-state index is 13.0. The highest BCUT2D eigenvalue weighted by Gasteiger charge is 2.54. The van der Waals surface area contributed by atoms with Gasteiger partial charge in [-0.1, -0.05) is 126 Å². The van der Waals surface area contributed by atoms with Crippen molar-refractivity contribution in [3.8, 4) is 0 Å². The number of aliphatic hydroxyl groups is 4. The van der Waals surface area contributed by atoms with Crippen molar-refractivity contribution >= 4 is 33.4 Å². The standard InChI is InChI=1S/C47H78O17P2/c1-3-5-7-8-9-10-11-12-13-14-17-21-24-27-31-35-41(50)62-39(37-61-66(58,59)64-47-44(53)42(51)43(52)46(45(47)54)63-65(55,56)57)36-60-40(49)34-30-26-23-20-18-15-16-19-22-25-29-33-38(48)32-28-6-4-2/h9-10,12-13,15-16,20,22-23,25,29,33,39,42-47,51-54H,3-8,11,14,17-19,21,24,26-28,30-32,34-37H2,1-2H3,(H,58,59)(H2,55,56,57)/b10-9-,13-12-,16-15-,23-20-,25-22-,33-29+/t39-,42?,43?,44?,45?,46-,47+/m1/s1. The summed E-state index contributed by atoms with van der Waals surface area (Å²) in [7, 11) is -10.7. The molecule has 7 N–H and O–H groups in total. The summed E-state index contributed by atoms with van der Waals surface area (Å²) in [5.74, 6) is -1.20. The number of ether oxygens (including phenoxy) is 2. The number of ketones is 1. The lowest BCUT2D eigenvalue weighted by Gasteiger charge is -2.43. The van der Waals surface area contributed by atoms with Crippen LogP contribution in [0, 0.1) is 0 Å². The van der Waals surface area contributed by atoms with E-state index in [1.54, 1.807) is 12.2 Å². The fourth-order valence-corrected chi connectivity index (χ4v) is 8.07. The van der Waals surface area contributed by atoms with Crippen LogP contribution in [-0.2, 0) is 46.6 Å². The number of carbonyl (C=O) groups is 3. The van der Waals surface area contributed by atoms with E-state index < -0.39 is 83.5 Å². The molecule has 0 aliphatic heterocycles. The van der Waals surface area contributed by atoms with Crippen LogP contribution in [0.4, 0.5) is 0 Å². The Morgan fingerprint density at radius 3 is 1.65 bits per heavy atom. The van der Waals surface area contributed by atoms with E-state index in [0.717, 1.165) is 64.2 Å². The summed E-state index contributed by atoms with van der Waals surface area (Å²) in [5.41, 5.74) is 0. The van der Waals surface area contributed by atoms with Crippen molar-refractivity contribution in [3.05, 3.63) is 72.9 Å². The number of allylic oxidation sites excluding steroid dienone is 12. The van der Waals surface area contributed by atoms with E-state index in [4.69, 9.17) is 28.3 Å². The zero-order valence-corrected chi connectivity index (χ0v) is 40.6. The molecule has 378 valence electrons. The highest BCUT2D eigenvalue weighted by Crippen LogP contribution is 2.49. The van der Waals surface area contributed by atoms with E-state index >= 15 is 0 Å². The van der Waals surface area contributed by atoms with Gasteiger partial charge in [-0.25, -0.2) is 9.13 Å². The number of hydrogen-bond acceptors (Lipinski definition) is 14. The number of carbonyl (C=O) groups excluding carboxylic acids is 3. The van der Waals surface area contributed by atoms with Crippen LogP contribution in [0.3, 0.4) is 0 Å². The number of aliphatic hydroxyl groups excluding tert-OH is 4. The second-order valence-corrected chi connectivity index (χ2v) is 18.7. The van der Waals surface area contributed by atoms with Crippen molar-refractivity contribution in [2.75, 3.05) is 13.2 Å². The Morgan fingerprint density at radius 2 is 1.03 bits per heavy atom. The van der Waals surface area contributed by atoms with Gasteiger partial charge in [-0.3, -0.25) is 28.0 Å². The number of unbranched alkanes of at least 4 members (excludes halogenated alkanes) is 11. The molecule has 1 aliphatic carbocycles. The quantitative estimate of drug-likeness (QED) is 0.00770. The molecule has 0 saturated heterocycles. The Kier molecular flexibility index (Phi) is 34.3. The van der Waals surface area contributed by atoms with Crippen LogP contribution in [0.15, 0.2) is 72.9 Å². The predicted molar refractivity (Wildman–Crippen MR) is 251 cm³/mol. The number of rotatable bonds is 38. The second-order valence-electron chi connectivity index (χ2n) is 16.2. The minimum atomic E-state index is -5.38. The van der Waals surface area contributed by atoms with Gasteiger partial charge in [0.05, 0.1) is 6.61 Å². The van der Waals surface area contributed by atoms with E-state index in [1.165, 1.54) is 19.3 Å². The van der Waals surface area contributed by atoms with Crippen molar-refractivity contribution in [1.29, 1.82) is 0 Å². The maximum atomic E-state index is 13.0. The Labute approximate surface area is 391 Å². The fourth-order valence-electron chi connectivity index (χ4n) is 6.53. The monoisotopic (exact) mass is 976 g/mol. The molecule has 17 nitrogen and oxygen atoms in total. The Morgan fingerprint density at radius 1 is 0.530 bits per heavy atom. The highest BCUT2D eigenvalue weighted by molar-refractivity contribution is 7.47. The zero-order valence-electron chi connectivity index (χ0n) is 38.8. The summed E-state index contributed by atoms with van der Waals surface area (Å²) in [4.78, 5) is 66.0. The molecule has 0 bridgehead atoms. The lowest BCUT2D eigenvalue weighted by Crippen LogP contribution is -2.64. The van der Waals surface area contributed by atoms with Gasteiger partial charge in [-0.2, -0.15) is 0 Å².